The molecule has 0 saturated heterocycles. The first-order valence-corrected chi connectivity index (χ1v) is 6.68. The van der Waals surface area contributed by atoms with Gasteiger partial charge in [-0.05, 0) is 19.1 Å². The van der Waals surface area contributed by atoms with Crippen LogP contribution in [0.15, 0.2) is 36.8 Å². The lowest BCUT2D eigenvalue weighted by molar-refractivity contribution is 0.703. The van der Waals surface area contributed by atoms with Crippen LogP contribution in [0.4, 0.5) is 0 Å². The van der Waals surface area contributed by atoms with Crippen molar-refractivity contribution in [2.45, 2.75) is 20.0 Å². The third-order valence-corrected chi connectivity index (χ3v) is 3.70. The van der Waals surface area contributed by atoms with Gasteiger partial charge in [0.1, 0.15) is 0 Å². The van der Waals surface area contributed by atoms with E-state index in [9.17, 15) is 0 Å². The highest BCUT2D eigenvalue weighted by molar-refractivity contribution is 7.11. The van der Waals surface area contributed by atoms with Crippen LogP contribution in [0.5, 0.6) is 0 Å². The average Bonchev–Trinajstić information content (AvgIpc) is 2.97. The smallest absolute Gasteiger partial charge is 0.0897 e. The van der Waals surface area contributed by atoms with Crippen molar-refractivity contribution in [1.82, 2.24) is 19.9 Å². The van der Waals surface area contributed by atoms with Crippen molar-refractivity contribution < 1.29 is 0 Å². The zero-order valence-electron chi connectivity index (χ0n) is 10.1. The van der Waals surface area contributed by atoms with Gasteiger partial charge in [0, 0.05) is 35.9 Å². The van der Waals surface area contributed by atoms with E-state index in [2.05, 4.69) is 21.5 Å². The molecule has 0 unspecified atom stereocenters. The number of hydrogen-bond donors (Lipinski definition) is 1. The molecule has 0 spiro atoms. The van der Waals surface area contributed by atoms with Gasteiger partial charge in [-0.15, -0.1) is 11.3 Å². The molecule has 3 aromatic heterocycles. The first kappa shape index (κ1) is 11.4. The zero-order chi connectivity index (χ0) is 12.4. The van der Waals surface area contributed by atoms with Gasteiger partial charge in [-0.25, -0.2) is 9.50 Å². The van der Waals surface area contributed by atoms with Gasteiger partial charge in [-0.2, -0.15) is 5.10 Å². The Hall–Kier alpha value is -1.72. The predicted molar refractivity (Wildman–Crippen MR) is 72.6 cm³/mol. The lowest BCUT2D eigenvalue weighted by Gasteiger charge is -2.01. The van der Waals surface area contributed by atoms with E-state index in [-0.39, 0.29) is 0 Å². The molecule has 0 aromatic carbocycles. The molecule has 1 N–H and O–H groups in total. The summed E-state index contributed by atoms with van der Waals surface area (Å²) < 4.78 is 1.90. The van der Waals surface area contributed by atoms with E-state index in [1.54, 1.807) is 11.3 Å². The molecule has 3 aromatic rings. The molecule has 4 nitrogen and oxygen atoms in total. The molecular formula is C13H14N4S. The quantitative estimate of drug-likeness (QED) is 0.781. The summed E-state index contributed by atoms with van der Waals surface area (Å²) in [5.74, 6) is 0. The number of aryl methyl sites for hydroxylation is 1. The standard InChI is InChI=1S/C13H14N4S/c1-10-15-9-12(18-10)8-14-6-11-7-16-17-5-3-2-4-13(11)17/h2-5,7,9,14H,6,8H2,1H3. The summed E-state index contributed by atoms with van der Waals surface area (Å²) in [5, 5.41) is 8.86. The Balaban J connectivity index is 1.66. The van der Waals surface area contributed by atoms with Crippen molar-refractivity contribution in [2.24, 2.45) is 0 Å². The molecule has 3 rings (SSSR count). The molecule has 0 aliphatic rings. The van der Waals surface area contributed by atoms with E-state index in [1.165, 1.54) is 10.4 Å². The topological polar surface area (TPSA) is 42.2 Å². The minimum absolute atomic E-state index is 0.824. The molecule has 3 heterocycles. The van der Waals surface area contributed by atoms with Crippen LogP contribution in [-0.2, 0) is 13.1 Å². The summed E-state index contributed by atoms with van der Waals surface area (Å²) in [4.78, 5) is 5.51. The Kier molecular flexibility index (Phi) is 3.08. The van der Waals surface area contributed by atoms with Crippen molar-refractivity contribution in [1.29, 1.82) is 0 Å². The maximum Gasteiger partial charge on any atom is 0.0897 e. The monoisotopic (exact) mass is 258 g/mol. The summed E-state index contributed by atoms with van der Waals surface area (Å²) in [7, 11) is 0. The predicted octanol–water partition coefficient (Wildman–Crippen LogP) is 2.39. The number of thiazole rings is 1. The van der Waals surface area contributed by atoms with Crippen molar-refractivity contribution in [3.05, 3.63) is 52.2 Å². The van der Waals surface area contributed by atoms with Crippen LogP contribution < -0.4 is 5.32 Å². The van der Waals surface area contributed by atoms with Crippen molar-refractivity contribution in [3.8, 4) is 0 Å². The highest BCUT2D eigenvalue weighted by Gasteiger charge is 2.03. The van der Waals surface area contributed by atoms with Crippen molar-refractivity contribution >= 4 is 16.9 Å². The molecule has 0 fully saturated rings. The van der Waals surface area contributed by atoms with E-state index in [1.807, 2.05) is 42.2 Å². The fourth-order valence-electron chi connectivity index (χ4n) is 1.93. The van der Waals surface area contributed by atoms with E-state index >= 15 is 0 Å². The lowest BCUT2D eigenvalue weighted by atomic mass is 10.2. The molecule has 0 bridgehead atoms. The molecular weight excluding hydrogens is 244 g/mol. The molecule has 5 heteroatoms. The van der Waals surface area contributed by atoms with E-state index in [0.29, 0.717) is 0 Å². The van der Waals surface area contributed by atoms with Gasteiger partial charge in [0.05, 0.1) is 16.7 Å². The second-order valence-electron chi connectivity index (χ2n) is 4.15. The van der Waals surface area contributed by atoms with Gasteiger partial charge < -0.3 is 5.32 Å². The number of nitrogens with zero attached hydrogens (tertiary/aromatic N) is 3. The maximum absolute atomic E-state index is 4.32. The minimum atomic E-state index is 0.824. The van der Waals surface area contributed by atoms with Gasteiger partial charge in [-0.3, -0.25) is 0 Å². The van der Waals surface area contributed by atoms with Crippen LogP contribution in [0, 0.1) is 6.92 Å². The largest absolute Gasteiger partial charge is 0.308 e. The fraction of sp³-hybridized carbons (Fsp3) is 0.231. The highest BCUT2D eigenvalue weighted by atomic mass is 32.1. The van der Waals surface area contributed by atoms with E-state index in [0.717, 1.165) is 23.6 Å². The van der Waals surface area contributed by atoms with Gasteiger partial charge in [-0.1, -0.05) is 6.07 Å². The SMILES string of the molecule is Cc1ncc(CNCc2cnn3ccccc23)s1. The fourth-order valence-corrected chi connectivity index (χ4v) is 2.70. The Labute approximate surface area is 109 Å². The number of rotatable bonds is 4. The molecule has 18 heavy (non-hydrogen) atoms. The number of nitrogens with one attached hydrogen (secondary N) is 1. The number of hydrogen-bond acceptors (Lipinski definition) is 4. The van der Waals surface area contributed by atoms with Gasteiger partial charge in [0.15, 0.2) is 0 Å². The highest BCUT2D eigenvalue weighted by Crippen LogP contribution is 2.12. The van der Waals surface area contributed by atoms with Gasteiger partial charge in [0.25, 0.3) is 0 Å². The zero-order valence-corrected chi connectivity index (χ0v) is 10.9. The Morgan fingerprint density at radius 2 is 2.22 bits per heavy atom. The number of aromatic nitrogens is 3. The molecule has 0 saturated carbocycles. The average molecular weight is 258 g/mol. The van der Waals surface area contributed by atoms with E-state index in [4.69, 9.17) is 0 Å². The first-order valence-electron chi connectivity index (χ1n) is 5.86. The van der Waals surface area contributed by atoms with Crippen molar-refractivity contribution in [2.75, 3.05) is 0 Å². The molecule has 0 aliphatic carbocycles. The Morgan fingerprint density at radius 1 is 1.28 bits per heavy atom. The first-order chi connectivity index (χ1) is 8.83. The maximum atomic E-state index is 4.32. The van der Waals surface area contributed by atoms with Gasteiger partial charge in [0.2, 0.25) is 0 Å². The second-order valence-corrected chi connectivity index (χ2v) is 5.47. The van der Waals surface area contributed by atoms with Crippen LogP contribution in [0.3, 0.4) is 0 Å². The van der Waals surface area contributed by atoms with Crippen LogP contribution in [-0.4, -0.2) is 14.6 Å². The molecule has 0 aliphatic heterocycles. The summed E-state index contributed by atoms with van der Waals surface area (Å²) in [6.45, 7) is 3.71. The van der Waals surface area contributed by atoms with Crippen LogP contribution in [0.1, 0.15) is 15.4 Å². The normalized spacial score (nSPS) is 11.2. The minimum Gasteiger partial charge on any atom is -0.308 e. The third-order valence-electron chi connectivity index (χ3n) is 2.79. The van der Waals surface area contributed by atoms with Crippen molar-refractivity contribution in [3.63, 3.8) is 0 Å². The van der Waals surface area contributed by atoms with Crippen LogP contribution in [0.2, 0.25) is 0 Å². The second kappa shape index (κ2) is 4.88. The Bertz CT molecular complexity index is 656. The lowest BCUT2D eigenvalue weighted by Crippen LogP contribution is -2.11. The summed E-state index contributed by atoms with van der Waals surface area (Å²) in [6, 6.07) is 6.10. The summed E-state index contributed by atoms with van der Waals surface area (Å²) >= 11 is 1.73. The molecule has 0 amide bonds. The summed E-state index contributed by atoms with van der Waals surface area (Å²) in [6.07, 6.45) is 5.81. The molecule has 0 radical (unpaired) electrons. The van der Waals surface area contributed by atoms with Crippen LogP contribution >= 0.6 is 11.3 Å². The van der Waals surface area contributed by atoms with Gasteiger partial charge >= 0.3 is 0 Å². The summed E-state index contributed by atoms with van der Waals surface area (Å²) in [5.41, 5.74) is 2.38. The third kappa shape index (κ3) is 2.27. The molecule has 92 valence electrons. The molecule has 0 atom stereocenters. The van der Waals surface area contributed by atoms with E-state index < -0.39 is 0 Å². The Morgan fingerprint density at radius 3 is 3.06 bits per heavy atom. The number of pyridine rings is 1. The number of fused-ring (bicyclic) bond motifs is 1. The van der Waals surface area contributed by atoms with Crippen LogP contribution in [0.25, 0.3) is 5.52 Å².